The topological polar surface area (TPSA) is 125 Å². The summed E-state index contributed by atoms with van der Waals surface area (Å²) in [6.07, 6.45) is 1.47. The molecule has 29 heavy (non-hydrogen) atoms. The van der Waals surface area contributed by atoms with Gasteiger partial charge in [-0.2, -0.15) is 9.40 Å². The van der Waals surface area contributed by atoms with Gasteiger partial charge in [0.1, 0.15) is 5.82 Å². The summed E-state index contributed by atoms with van der Waals surface area (Å²) in [5, 5.41) is 16.9. The molecule has 152 valence electrons. The average Bonchev–Trinajstić information content (AvgIpc) is 3.31. The molecule has 4 rings (SSSR count). The molecule has 2 aromatic heterocycles. The lowest BCUT2D eigenvalue weighted by molar-refractivity contribution is 0.189. The first-order valence-corrected chi connectivity index (χ1v) is 10.8. The van der Waals surface area contributed by atoms with Crippen LogP contribution in [0.3, 0.4) is 0 Å². The van der Waals surface area contributed by atoms with Crippen molar-refractivity contribution in [3.63, 3.8) is 0 Å². The largest absolute Gasteiger partial charge is 0.392 e. The number of nitrogens with zero attached hydrogens (tertiary/aromatic N) is 3. The number of nitrogen functional groups attached to an aromatic ring is 1. The Morgan fingerprint density at radius 2 is 2.00 bits per heavy atom. The van der Waals surface area contributed by atoms with Crippen molar-refractivity contribution in [1.29, 1.82) is 0 Å². The van der Waals surface area contributed by atoms with Crippen molar-refractivity contribution in [3.8, 4) is 22.4 Å². The Morgan fingerprint density at radius 1 is 1.21 bits per heavy atom. The number of sulfonamides is 1. The molecule has 0 spiro atoms. The molecule has 0 aliphatic carbocycles. The molecule has 4 N–H and O–H groups in total. The molecule has 0 amide bonds. The van der Waals surface area contributed by atoms with Crippen molar-refractivity contribution in [2.75, 3.05) is 18.8 Å². The van der Waals surface area contributed by atoms with Crippen LogP contribution in [0.1, 0.15) is 17.7 Å². The highest BCUT2D eigenvalue weighted by Crippen LogP contribution is 2.32. The lowest BCUT2D eigenvalue weighted by atomic mass is 10.00. The minimum absolute atomic E-state index is 0.123. The number of hydrogen-bond acceptors (Lipinski definition) is 6. The van der Waals surface area contributed by atoms with Gasteiger partial charge >= 0.3 is 0 Å². The monoisotopic (exact) mass is 413 g/mol. The number of anilines is 1. The van der Waals surface area contributed by atoms with Crippen LogP contribution in [0.25, 0.3) is 22.4 Å². The molecular weight excluding hydrogens is 390 g/mol. The Labute approximate surface area is 169 Å². The van der Waals surface area contributed by atoms with Crippen LogP contribution in [0.2, 0.25) is 0 Å². The van der Waals surface area contributed by atoms with Crippen LogP contribution < -0.4 is 5.73 Å². The van der Waals surface area contributed by atoms with Crippen molar-refractivity contribution < 1.29 is 13.5 Å². The maximum atomic E-state index is 13.0. The summed E-state index contributed by atoms with van der Waals surface area (Å²) >= 11 is 0. The van der Waals surface area contributed by atoms with Gasteiger partial charge in [-0.25, -0.2) is 13.4 Å². The SMILES string of the molecule is Cc1cc(-c2cc(-c3cc(S(=O)(=O)N4CC[C@H](O)C4)ccc3C)cnc2N)n[nH]1. The maximum absolute atomic E-state index is 13.0. The van der Waals surface area contributed by atoms with E-state index in [-0.39, 0.29) is 11.4 Å². The van der Waals surface area contributed by atoms with Crippen molar-refractivity contribution in [2.45, 2.75) is 31.3 Å². The van der Waals surface area contributed by atoms with Crippen molar-refractivity contribution >= 4 is 15.8 Å². The highest BCUT2D eigenvalue weighted by molar-refractivity contribution is 7.89. The normalized spacial score (nSPS) is 17.7. The van der Waals surface area contributed by atoms with Crippen LogP contribution in [-0.2, 0) is 10.0 Å². The minimum atomic E-state index is -3.68. The van der Waals surface area contributed by atoms with Crippen LogP contribution >= 0.6 is 0 Å². The van der Waals surface area contributed by atoms with Crippen LogP contribution in [0.15, 0.2) is 41.4 Å². The molecule has 9 heteroatoms. The van der Waals surface area contributed by atoms with Gasteiger partial charge in [-0.05, 0) is 55.7 Å². The summed E-state index contributed by atoms with van der Waals surface area (Å²) in [5.74, 6) is 0.354. The lowest BCUT2D eigenvalue weighted by Crippen LogP contribution is -2.29. The van der Waals surface area contributed by atoms with Gasteiger partial charge in [0.2, 0.25) is 10.0 Å². The van der Waals surface area contributed by atoms with Gasteiger partial charge < -0.3 is 10.8 Å². The van der Waals surface area contributed by atoms with E-state index in [0.717, 1.165) is 22.4 Å². The maximum Gasteiger partial charge on any atom is 0.243 e. The second-order valence-corrected chi connectivity index (χ2v) is 9.31. The smallest absolute Gasteiger partial charge is 0.243 e. The number of β-amino-alcohol motifs (C(OH)–C–C–N with tert-alkyl or cyclic N) is 1. The third-order valence-electron chi connectivity index (χ3n) is 5.18. The van der Waals surface area contributed by atoms with Crippen LogP contribution in [0.4, 0.5) is 5.82 Å². The molecule has 1 aromatic carbocycles. The molecule has 0 radical (unpaired) electrons. The Balaban J connectivity index is 1.77. The number of hydrogen-bond donors (Lipinski definition) is 3. The highest BCUT2D eigenvalue weighted by atomic mass is 32.2. The van der Waals surface area contributed by atoms with E-state index in [4.69, 9.17) is 5.73 Å². The fourth-order valence-corrected chi connectivity index (χ4v) is 5.05. The number of nitrogens with two attached hydrogens (primary N) is 1. The number of aryl methyl sites for hydroxylation is 2. The number of rotatable bonds is 4. The summed E-state index contributed by atoms with van der Waals surface area (Å²) < 4.78 is 27.3. The van der Waals surface area contributed by atoms with E-state index in [1.807, 2.05) is 26.0 Å². The molecule has 0 bridgehead atoms. The summed E-state index contributed by atoms with van der Waals surface area (Å²) in [6, 6.07) is 8.78. The lowest BCUT2D eigenvalue weighted by Gasteiger charge is -2.17. The first kappa shape index (κ1) is 19.6. The quantitative estimate of drug-likeness (QED) is 0.601. The molecule has 0 unspecified atom stereocenters. The zero-order chi connectivity index (χ0) is 20.8. The summed E-state index contributed by atoms with van der Waals surface area (Å²) in [7, 11) is -3.68. The molecule has 3 aromatic rings. The predicted octanol–water partition coefficient (Wildman–Crippen LogP) is 2.09. The number of nitrogens with one attached hydrogen (secondary N) is 1. The third kappa shape index (κ3) is 3.64. The molecule has 1 aliphatic heterocycles. The van der Waals surface area contributed by atoms with Gasteiger partial charge in [0, 0.05) is 36.1 Å². The van der Waals surface area contributed by atoms with Gasteiger partial charge in [0.15, 0.2) is 0 Å². The average molecular weight is 414 g/mol. The highest BCUT2D eigenvalue weighted by Gasteiger charge is 2.32. The minimum Gasteiger partial charge on any atom is -0.392 e. The Kier molecular flexibility index (Phi) is 4.89. The fourth-order valence-electron chi connectivity index (χ4n) is 3.53. The molecule has 1 saturated heterocycles. The first-order valence-electron chi connectivity index (χ1n) is 9.33. The second kappa shape index (κ2) is 7.25. The van der Waals surface area contributed by atoms with Crippen molar-refractivity contribution in [3.05, 3.63) is 47.8 Å². The third-order valence-corrected chi connectivity index (χ3v) is 7.05. The predicted molar refractivity (Wildman–Crippen MR) is 111 cm³/mol. The number of pyridine rings is 1. The number of aromatic amines is 1. The van der Waals surface area contributed by atoms with Crippen molar-refractivity contribution in [1.82, 2.24) is 19.5 Å². The molecule has 8 nitrogen and oxygen atoms in total. The van der Waals surface area contributed by atoms with Gasteiger partial charge in [-0.3, -0.25) is 5.10 Å². The standard InChI is InChI=1S/C20H23N5O3S/c1-12-3-4-16(29(27,28)25-6-5-15(26)11-25)9-17(12)14-8-18(20(21)22-10-14)19-7-13(2)23-24-19/h3-4,7-10,15,26H,5-6,11H2,1-2H3,(H2,21,22)(H,23,24)/t15-/m0/s1. The molecule has 1 aliphatic rings. The summed E-state index contributed by atoms with van der Waals surface area (Å²) in [5.41, 5.74) is 10.7. The number of H-pyrrole nitrogens is 1. The Hall–Kier alpha value is -2.75. The molecule has 1 fully saturated rings. The summed E-state index contributed by atoms with van der Waals surface area (Å²) in [6.45, 7) is 4.26. The Bertz CT molecular complexity index is 1170. The fraction of sp³-hybridized carbons (Fsp3) is 0.300. The van der Waals surface area contributed by atoms with Gasteiger partial charge in [-0.1, -0.05) is 6.07 Å². The number of aliphatic hydroxyl groups is 1. The Morgan fingerprint density at radius 3 is 2.66 bits per heavy atom. The van der Waals surface area contributed by atoms with E-state index in [9.17, 15) is 13.5 Å². The van der Waals surface area contributed by atoms with E-state index < -0.39 is 16.1 Å². The molecule has 3 heterocycles. The molecule has 1 atom stereocenters. The second-order valence-electron chi connectivity index (χ2n) is 7.38. The molecule has 0 saturated carbocycles. The van der Waals surface area contributed by atoms with E-state index in [1.54, 1.807) is 24.4 Å². The van der Waals surface area contributed by atoms with E-state index >= 15 is 0 Å². The van der Waals surface area contributed by atoms with Crippen LogP contribution in [-0.4, -0.2) is 52.2 Å². The number of benzene rings is 1. The van der Waals surface area contributed by atoms with Crippen LogP contribution in [0.5, 0.6) is 0 Å². The number of aliphatic hydroxyl groups excluding tert-OH is 1. The van der Waals surface area contributed by atoms with Crippen LogP contribution in [0, 0.1) is 13.8 Å². The van der Waals surface area contributed by atoms with E-state index in [2.05, 4.69) is 15.2 Å². The first-order chi connectivity index (χ1) is 13.8. The zero-order valence-electron chi connectivity index (χ0n) is 16.3. The van der Waals surface area contributed by atoms with E-state index in [0.29, 0.717) is 30.0 Å². The van der Waals surface area contributed by atoms with Crippen molar-refractivity contribution in [2.24, 2.45) is 0 Å². The van der Waals surface area contributed by atoms with Gasteiger partial charge in [0.25, 0.3) is 0 Å². The number of aromatic nitrogens is 3. The van der Waals surface area contributed by atoms with Gasteiger partial charge in [0.05, 0.1) is 16.7 Å². The van der Waals surface area contributed by atoms with E-state index in [1.165, 1.54) is 4.31 Å². The van der Waals surface area contributed by atoms with Gasteiger partial charge in [-0.15, -0.1) is 0 Å². The molecular formula is C20H23N5O3S. The zero-order valence-corrected chi connectivity index (χ0v) is 17.1. The summed E-state index contributed by atoms with van der Waals surface area (Å²) in [4.78, 5) is 4.49.